The summed E-state index contributed by atoms with van der Waals surface area (Å²) in [5.74, 6) is -0.510. The van der Waals surface area contributed by atoms with Gasteiger partial charge in [-0.1, -0.05) is 11.6 Å². The number of halogens is 1. The van der Waals surface area contributed by atoms with Crippen LogP contribution in [-0.4, -0.2) is 34.5 Å². The van der Waals surface area contributed by atoms with Gasteiger partial charge in [0.25, 0.3) is 0 Å². The maximum Gasteiger partial charge on any atom is 0.358 e. The highest BCUT2D eigenvalue weighted by atomic mass is 35.5. The molecule has 3 heterocycles. The molecule has 1 aliphatic heterocycles. The van der Waals surface area contributed by atoms with E-state index in [9.17, 15) is 4.79 Å². The molecule has 2 aromatic rings. The van der Waals surface area contributed by atoms with E-state index in [0.717, 1.165) is 19.3 Å². The van der Waals surface area contributed by atoms with Crippen LogP contribution in [0.15, 0.2) is 12.4 Å². The molecule has 1 fully saturated rings. The van der Waals surface area contributed by atoms with E-state index in [2.05, 4.69) is 10.1 Å². The van der Waals surface area contributed by atoms with Gasteiger partial charge in [0, 0.05) is 18.2 Å². The number of fused-ring (bicyclic) bond motifs is 1. The molecule has 0 N–H and O–H groups in total. The lowest BCUT2D eigenvalue weighted by molar-refractivity contribution is -0.0367. The van der Waals surface area contributed by atoms with E-state index in [1.807, 2.05) is 0 Å². The molecule has 1 aliphatic rings. The number of hydrogen-bond donors (Lipinski definition) is 0. The highest BCUT2D eigenvalue weighted by Gasteiger charge is 2.24. The van der Waals surface area contributed by atoms with Crippen LogP contribution in [0.1, 0.15) is 36.0 Å². The average molecular weight is 296 g/mol. The lowest BCUT2D eigenvalue weighted by Crippen LogP contribution is -2.20. The van der Waals surface area contributed by atoms with Gasteiger partial charge < -0.3 is 9.47 Å². The highest BCUT2D eigenvalue weighted by molar-refractivity contribution is 6.35. The van der Waals surface area contributed by atoms with Crippen molar-refractivity contribution in [2.75, 3.05) is 13.7 Å². The van der Waals surface area contributed by atoms with E-state index in [-0.39, 0.29) is 11.9 Å². The van der Waals surface area contributed by atoms with E-state index in [1.54, 1.807) is 10.9 Å². The van der Waals surface area contributed by atoms with Crippen molar-refractivity contribution in [2.24, 2.45) is 0 Å². The Morgan fingerprint density at radius 1 is 1.50 bits per heavy atom. The van der Waals surface area contributed by atoms with E-state index in [1.165, 1.54) is 13.3 Å². The van der Waals surface area contributed by atoms with Crippen molar-refractivity contribution in [3.63, 3.8) is 0 Å². The first-order valence-corrected chi connectivity index (χ1v) is 6.82. The summed E-state index contributed by atoms with van der Waals surface area (Å²) < 4.78 is 12.2. The molecule has 0 aliphatic carbocycles. The fourth-order valence-electron chi connectivity index (χ4n) is 2.41. The number of carbonyl (C=O) groups is 1. The van der Waals surface area contributed by atoms with Gasteiger partial charge >= 0.3 is 5.97 Å². The molecule has 0 amide bonds. The zero-order valence-electron chi connectivity index (χ0n) is 11.0. The summed E-state index contributed by atoms with van der Waals surface area (Å²) >= 11 is 6.12. The fourth-order valence-corrected chi connectivity index (χ4v) is 2.59. The maximum absolute atomic E-state index is 11.9. The van der Waals surface area contributed by atoms with Crippen LogP contribution in [0.5, 0.6) is 0 Å². The molecule has 1 unspecified atom stereocenters. The Hall–Kier alpha value is -1.66. The SMILES string of the molecule is COC(=O)c1ncc(Cl)c2cnn(C3CCCCO3)c12. The zero-order chi connectivity index (χ0) is 14.1. The van der Waals surface area contributed by atoms with Crippen molar-refractivity contribution >= 4 is 28.5 Å². The summed E-state index contributed by atoms with van der Waals surface area (Å²) in [7, 11) is 1.32. The number of methoxy groups -OCH3 is 1. The standard InChI is InChI=1S/C13H14ClN3O3/c1-19-13(18)11-12-8(9(14)7-15-11)6-16-17(12)10-4-2-3-5-20-10/h6-7,10H,2-5H2,1H3. The first kappa shape index (κ1) is 13.3. The molecule has 106 valence electrons. The Morgan fingerprint density at radius 2 is 2.35 bits per heavy atom. The van der Waals surface area contributed by atoms with Crippen LogP contribution in [0.2, 0.25) is 5.02 Å². The first-order chi connectivity index (χ1) is 9.72. The van der Waals surface area contributed by atoms with Crippen molar-refractivity contribution in [3.8, 4) is 0 Å². The second-order valence-electron chi connectivity index (χ2n) is 4.62. The lowest BCUT2D eigenvalue weighted by Gasteiger charge is -2.23. The molecule has 20 heavy (non-hydrogen) atoms. The van der Waals surface area contributed by atoms with Crippen LogP contribution in [-0.2, 0) is 9.47 Å². The number of pyridine rings is 1. The maximum atomic E-state index is 11.9. The van der Waals surface area contributed by atoms with E-state index in [0.29, 0.717) is 22.5 Å². The molecule has 6 nitrogen and oxygen atoms in total. The molecule has 7 heteroatoms. The minimum Gasteiger partial charge on any atom is -0.464 e. The van der Waals surface area contributed by atoms with Gasteiger partial charge in [-0.2, -0.15) is 5.10 Å². The molecular formula is C13H14ClN3O3. The molecule has 1 atom stereocenters. The number of rotatable bonds is 2. The first-order valence-electron chi connectivity index (χ1n) is 6.44. The topological polar surface area (TPSA) is 66.2 Å². The molecule has 0 aromatic carbocycles. The molecule has 3 rings (SSSR count). The molecule has 1 saturated heterocycles. The van der Waals surface area contributed by atoms with Gasteiger partial charge in [-0.3, -0.25) is 0 Å². The summed E-state index contributed by atoms with van der Waals surface area (Å²) in [6.45, 7) is 0.688. The van der Waals surface area contributed by atoms with Gasteiger partial charge in [-0.05, 0) is 19.3 Å². The second-order valence-corrected chi connectivity index (χ2v) is 5.03. The lowest BCUT2D eigenvalue weighted by atomic mass is 10.2. The Labute approximate surface area is 120 Å². The average Bonchev–Trinajstić information content (AvgIpc) is 2.93. The number of nitrogens with zero attached hydrogens (tertiary/aromatic N) is 3. The number of aromatic nitrogens is 3. The van der Waals surface area contributed by atoms with Gasteiger partial charge in [-0.15, -0.1) is 0 Å². The second kappa shape index (κ2) is 5.38. The highest BCUT2D eigenvalue weighted by Crippen LogP contribution is 2.30. The predicted octanol–water partition coefficient (Wildman–Crippen LogP) is 2.57. The van der Waals surface area contributed by atoms with Crippen molar-refractivity contribution < 1.29 is 14.3 Å². The summed E-state index contributed by atoms with van der Waals surface area (Å²) in [5, 5.41) is 5.45. The van der Waals surface area contributed by atoms with Crippen LogP contribution < -0.4 is 0 Å². The van der Waals surface area contributed by atoms with Crippen molar-refractivity contribution in [1.82, 2.24) is 14.8 Å². The predicted molar refractivity (Wildman–Crippen MR) is 72.7 cm³/mol. The van der Waals surface area contributed by atoms with Gasteiger partial charge in [0.2, 0.25) is 0 Å². The molecule has 0 spiro atoms. The normalized spacial score (nSPS) is 19.2. The monoisotopic (exact) mass is 295 g/mol. The third-order valence-electron chi connectivity index (χ3n) is 3.39. The summed E-state index contributed by atoms with van der Waals surface area (Å²) in [5.41, 5.74) is 0.773. The summed E-state index contributed by atoms with van der Waals surface area (Å²) in [4.78, 5) is 15.9. The Morgan fingerprint density at radius 3 is 3.05 bits per heavy atom. The Kier molecular flexibility index (Phi) is 3.58. The van der Waals surface area contributed by atoms with E-state index < -0.39 is 5.97 Å². The molecule has 0 saturated carbocycles. The molecular weight excluding hydrogens is 282 g/mol. The third kappa shape index (κ3) is 2.14. The zero-order valence-corrected chi connectivity index (χ0v) is 11.8. The minimum absolute atomic E-state index is 0.190. The number of carbonyl (C=O) groups excluding carboxylic acids is 1. The smallest absolute Gasteiger partial charge is 0.358 e. The van der Waals surface area contributed by atoms with Gasteiger partial charge in [-0.25, -0.2) is 14.5 Å². The third-order valence-corrected chi connectivity index (χ3v) is 3.69. The number of ether oxygens (including phenoxy) is 2. The fraction of sp³-hybridized carbons (Fsp3) is 0.462. The van der Waals surface area contributed by atoms with Crippen molar-refractivity contribution in [1.29, 1.82) is 0 Å². The van der Waals surface area contributed by atoms with Crippen LogP contribution in [0, 0.1) is 0 Å². The summed E-state index contributed by atoms with van der Waals surface area (Å²) in [6.07, 6.45) is 5.83. The van der Waals surface area contributed by atoms with Gasteiger partial charge in [0.15, 0.2) is 11.9 Å². The van der Waals surface area contributed by atoms with Crippen LogP contribution in [0.3, 0.4) is 0 Å². The largest absolute Gasteiger partial charge is 0.464 e. The Bertz CT molecular complexity index is 650. The van der Waals surface area contributed by atoms with E-state index >= 15 is 0 Å². The van der Waals surface area contributed by atoms with Gasteiger partial charge in [0.1, 0.15) is 5.52 Å². The van der Waals surface area contributed by atoms with E-state index in [4.69, 9.17) is 21.1 Å². The molecule has 0 bridgehead atoms. The quantitative estimate of drug-likeness (QED) is 0.797. The van der Waals surface area contributed by atoms with Crippen LogP contribution in [0.25, 0.3) is 10.9 Å². The van der Waals surface area contributed by atoms with Crippen LogP contribution in [0.4, 0.5) is 0 Å². The van der Waals surface area contributed by atoms with Crippen molar-refractivity contribution in [2.45, 2.75) is 25.5 Å². The Balaban J connectivity index is 2.17. The van der Waals surface area contributed by atoms with Crippen LogP contribution >= 0.6 is 11.6 Å². The number of hydrogen-bond acceptors (Lipinski definition) is 5. The molecule has 2 aromatic heterocycles. The van der Waals surface area contributed by atoms with Crippen molar-refractivity contribution in [3.05, 3.63) is 23.1 Å². The minimum atomic E-state index is -0.510. The number of esters is 1. The summed E-state index contributed by atoms with van der Waals surface area (Å²) in [6, 6.07) is 0. The molecule has 0 radical (unpaired) electrons. The van der Waals surface area contributed by atoms with Gasteiger partial charge in [0.05, 0.1) is 18.3 Å².